The molecule has 4 nitrogen and oxygen atoms in total. The van der Waals surface area contributed by atoms with Gasteiger partial charge in [0.05, 0.1) is 22.6 Å². The van der Waals surface area contributed by atoms with E-state index in [1.54, 1.807) is 0 Å². The summed E-state index contributed by atoms with van der Waals surface area (Å²) < 4.78 is 0. The molecule has 0 unspecified atom stereocenters. The Balaban J connectivity index is 1.42. The van der Waals surface area contributed by atoms with Gasteiger partial charge in [-0.25, -0.2) is 9.98 Å². The number of hydrogen-bond donors (Lipinski definition) is 1. The van der Waals surface area contributed by atoms with Crippen LogP contribution in [0.4, 0.5) is 11.4 Å². The number of para-hydroxylation sites is 1. The van der Waals surface area contributed by atoms with Gasteiger partial charge in [0.15, 0.2) is 0 Å². The number of pyridine rings is 1. The number of nitrogens with zero attached hydrogens (tertiary/aromatic N) is 2. The van der Waals surface area contributed by atoms with Crippen LogP contribution in [0.1, 0.15) is 5.56 Å². The van der Waals surface area contributed by atoms with Crippen molar-refractivity contribution in [2.75, 3.05) is 5.32 Å². The molecule has 0 fully saturated rings. The number of carbonyl (C=O) groups is 1. The van der Waals surface area contributed by atoms with Gasteiger partial charge < -0.3 is 5.32 Å². The largest absolute Gasteiger partial charge is 0.320 e. The third-order valence-corrected chi connectivity index (χ3v) is 6.14. The van der Waals surface area contributed by atoms with Crippen LogP contribution in [0.2, 0.25) is 5.02 Å². The molecule has 5 aromatic rings. The van der Waals surface area contributed by atoms with Gasteiger partial charge in [-0.15, -0.1) is 0 Å². The Labute approximate surface area is 201 Å². The van der Waals surface area contributed by atoms with E-state index in [2.05, 4.69) is 28.5 Å². The van der Waals surface area contributed by atoms with E-state index in [0.717, 1.165) is 44.5 Å². The summed E-state index contributed by atoms with van der Waals surface area (Å²) >= 11 is 6.30. The van der Waals surface area contributed by atoms with Crippen LogP contribution in [0.5, 0.6) is 0 Å². The zero-order valence-electron chi connectivity index (χ0n) is 18.0. The molecule has 4 aromatic carbocycles. The molecule has 5 heteroatoms. The second-order valence-electron chi connectivity index (χ2n) is 8.09. The van der Waals surface area contributed by atoms with Crippen molar-refractivity contribution in [3.8, 4) is 22.4 Å². The van der Waals surface area contributed by atoms with Crippen molar-refractivity contribution < 1.29 is 4.79 Å². The molecule has 0 aliphatic carbocycles. The van der Waals surface area contributed by atoms with Crippen LogP contribution >= 0.6 is 11.6 Å². The van der Waals surface area contributed by atoms with Gasteiger partial charge in [-0.1, -0.05) is 72.3 Å². The van der Waals surface area contributed by atoms with E-state index in [4.69, 9.17) is 16.6 Å². The van der Waals surface area contributed by atoms with Gasteiger partial charge in [-0.05, 0) is 53.6 Å². The van der Waals surface area contributed by atoms with E-state index in [9.17, 15) is 4.79 Å². The van der Waals surface area contributed by atoms with Crippen molar-refractivity contribution in [1.29, 1.82) is 0 Å². The minimum atomic E-state index is -0.187. The molecule has 0 bridgehead atoms. The number of nitrogens with one attached hydrogen (secondary N) is 1. The highest BCUT2D eigenvalue weighted by Crippen LogP contribution is 2.34. The number of fused-ring (bicyclic) bond motifs is 2. The zero-order chi connectivity index (χ0) is 23.1. The van der Waals surface area contributed by atoms with E-state index in [1.165, 1.54) is 0 Å². The fraction of sp³-hybridized carbons (Fsp3) is 0. The monoisotopic (exact) mass is 459 g/mol. The first-order valence-electron chi connectivity index (χ1n) is 10.9. The summed E-state index contributed by atoms with van der Waals surface area (Å²) in [6.07, 6.45) is 0. The second-order valence-corrected chi connectivity index (χ2v) is 8.53. The quantitative estimate of drug-likeness (QED) is 0.308. The number of halogens is 1. The van der Waals surface area contributed by atoms with Crippen LogP contribution in [0.15, 0.2) is 108 Å². The van der Waals surface area contributed by atoms with Crippen LogP contribution in [-0.4, -0.2) is 16.6 Å². The Morgan fingerprint density at radius 2 is 1.50 bits per heavy atom. The van der Waals surface area contributed by atoms with E-state index >= 15 is 0 Å². The number of aromatic nitrogens is 1. The van der Waals surface area contributed by atoms with Gasteiger partial charge in [0.2, 0.25) is 0 Å². The van der Waals surface area contributed by atoms with Gasteiger partial charge in [0.25, 0.3) is 5.91 Å². The van der Waals surface area contributed by atoms with E-state index in [0.29, 0.717) is 16.4 Å². The lowest BCUT2D eigenvalue weighted by molar-refractivity contribution is -0.110. The fourth-order valence-electron chi connectivity index (χ4n) is 4.25. The number of carbonyl (C=O) groups excluding carboxylic acids is 1. The maximum absolute atomic E-state index is 12.4. The first-order valence-corrected chi connectivity index (χ1v) is 11.3. The van der Waals surface area contributed by atoms with Gasteiger partial charge in [0.1, 0.15) is 5.71 Å². The lowest BCUT2D eigenvalue weighted by Gasteiger charge is -2.11. The summed E-state index contributed by atoms with van der Waals surface area (Å²) in [6, 6.07) is 33.4. The van der Waals surface area contributed by atoms with Crippen molar-refractivity contribution in [2.24, 2.45) is 4.99 Å². The summed E-state index contributed by atoms with van der Waals surface area (Å²) in [5.41, 5.74) is 7.63. The third kappa shape index (κ3) is 3.64. The van der Waals surface area contributed by atoms with Crippen LogP contribution in [0.3, 0.4) is 0 Å². The normalized spacial score (nSPS) is 13.8. The Morgan fingerprint density at radius 3 is 2.32 bits per heavy atom. The molecular formula is C29H18ClN3O. The highest BCUT2D eigenvalue weighted by molar-refractivity contribution is 6.54. The first-order chi connectivity index (χ1) is 16.7. The lowest BCUT2D eigenvalue weighted by atomic mass is 9.98. The van der Waals surface area contributed by atoms with Gasteiger partial charge >= 0.3 is 0 Å². The molecule has 0 saturated carbocycles. The molecule has 6 rings (SSSR count). The highest BCUT2D eigenvalue weighted by atomic mass is 35.5. The SMILES string of the molecule is O=C1Nc2ccccc2C1=Nc1ccc(-c2cc(-c3ccccc3)c3cc(Cl)ccc3n2)cc1. The van der Waals surface area contributed by atoms with Crippen LogP contribution < -0.4 is 5.32 Å². The summed E-state index contributed by atoms with van der Waals surface area (Å²) in [7, 11) is 0. The Hall–Kier alpha value is -4.28. The van der Waals surface area contributed by atoms with Crippen LogP contribution in [0.25, 0.3) is 33.3 Å². The average molecular weight is 460 g/mol. The molecule has 1 aliphatic rings. The van der Waals surface area contributed by atoms with Crippen LogP contribution in [-0.2, 0) is 4.79 Å². The average Bonchev–Trinajstić information content (AvgIpc) is 3.19. The second kappa shape index (κ2) is 8.25. The topological polar surface area (TPSA) is 54.4 Å². The highest BCUT2D eigenvalue weighted by Gasteiger charge is 2.25. The molecule has 1 aliphatic heterocycles. The van der Waals surface area contributed by atoms with Crippen molar-refractivity contribution in [3.05, 3.63) is 114 Å². The fourth-order valence-corrected chi connectivity index (χ4v) is 4.42. The molecule has 0 atom stereocenters. The molecule has 1 aromatic heterocycles. The van der Waals surface area contributed by atoms with Gasteiger partial charge in [-0.2, -0.15) is 0 Å². The van der Waals surface area contributed by atoms with Gasteiger partial charge in [0, 0.05) is 21.5 Å². The third-order valence-electron chi connectivity index (χ3n) is 5.90. The summed E-state index contributed by atoms with van der Waals surface area (Å²) in [4.78, 5) is 21.9. The predicted molar refractivity (Wildman–Crippen MR) is 139 cm³/mol. The van der Waals surface area contributed by atoms with E-state index < -0.39 is 0 Å². The minimum absolute atomic E-state index is 0.187. The van der Waals surface area contributed by atoms with E-state index in [1.807, 2.05) is 84.9 Å². The van der Waals surface area contributed by atoms with Crippen molar-refractivity contribution in [3.63, 3.8) is 0 Å². The Kier molecular flexibility index (Phi) is 4.93. The summed E-state index contributed by atoms with van der Waals surface area (Å²) in [6.45, 7) is 0. The maximum Gasteiger partial charge on any atom is 0.275 e. The maximum atomic E-state index is 12.4. The lowest BCUT2D eigenvalue weighted by Crippen LogP contribution is -2.13. The predicted octanol–water partition coefficient (Wildman–Crippen LogP) is 7.30. The summed E-state index contributed by atoms with van der Waals surface area (Å²) in [5, 5.41) is 4.55. The Bertz CT molecular complexity index is 1590. The van der Waals surface area contributed by atoms with Gasteiger partial charge in [-0.3, -0.25) is 4.79 Å². The van der Waals surface area contributed by atoms with Crippen molar-refractivity contribution in [2.45, 2.75) is 0 Å². The minimum Gasteiger partial charge on any atom is -0.320 e. The Morgan fingerprint density at radius 1 is 0.735 bits per heavy atom. The molecule has 0 radical (unpaired) electrons. The number of hydrogen-bond acceptors (Lipinski definition) is 3. The number of rotatable bonds is 3. The van der Waals surface area contributed by atoms with Crippen molar-refractivity contribution >= 4 is 45.5 Å². The molecule has 1 N–H and O–H groups in total. The number of anilines is 1. The molecule has 34 heavy (non-hydrogen) atoms. The molecule has 162 valence electrons. The summed E-state index contributed by atoms with van der Waals surface area (Å²) in [5.74, 6) is -0.187. The smallest absolute Gasteiger partial charge is 0.275 e. The molecule has 0 saturated heterocycles. The first kappa shape index (κ1) is 20.3. The number of benzene rings is 4. The molecule has 0 spiro atoms. The number of aliphatic imine (C=N–C) groups is 1. The number of amides is 1. The molecular weight excluding hydrogens is 442 g/mol. The van der Waals surface area contributed by atoms with E-state index in [-0.39, 0.29) is 5.91 Å². The molecule has 2 heterocycles. The molecule has 1 amide bonds. The van der Waals surface area contributed by atoms with Crippen molar-refractivity contribution in [1.82, 2.24) is 4.98 Å². The van der Waals surface area contributed by atoms with Crippen LogP contribution in [0, 0.1) is 0 Å². The standard InChI is InChI=1S/C29H18ClN3O/c30-20-12-15-26-24(16-20)23(18-6-2-1-3-7-18)17-27(32-26)19-10-13-21(14-11-19)31-28-22-8-4-5-9-25(22)33-29(28)34/h1-17H,(H,31,33,34). The zero-order valence-corrected chi connectivity index (χ0v) is 18.8.